The van der Waals surface area contributed by atoms with E-state index in [9.17, 15) is 14.7 Å². The van der Waals surface area contributed by atoms with E-state index in [4.69, 9.17) is 11.5 Å². The molecular formula is C17H22N4O3. The predicted octanol–water partition coefficient (Wildman–Crippen LogP) is 0.413. The highest BCUT2D eigenvalue weighted by molar-refractivity contribution is 5.87. The number of carbonyl (C=O) groups excluding carboxylic acids is 1. The maximum Gasteiger partial charge on any atom is 0.326 e. The molecule has 128 valence electrons. The molecule has 2 aromatic rings. The fourth-order valence-corrected chi connectivity index (χ4v) is 2.41. The van der Waals surface area contributed by atoms with Gasteiger partial charge >= 0.3 is 5.97 Å². The lowest BCUT2D eigenvalue weighted by atomic mass is 10.0. The largest absolute Gasteiger partial charge is 0.480 e. The van der Waals surface area contributed by atoms with Crippen molar-refractivity contribution in [3.8, 4) is 0 Å². The number of carboxylic acids is 1. The van der Waals surface area contributed by atoms with Gasteiger partial charge < -0.3 is 21.9 Å². The zero-order chi connectivity index (χ0) is 17.5. The summed E-state index contributed by atoms with van der Waals surface area (Å²) in [7, 11) is 0. The van der Waals surface area contributed by atoms with Crippen molar-refractivity contribution in [2.75, 3.05) is 6.54 Å². The third-order valence-electron chi connectivity index (χ3n) is 3.76. The Morgan fingerprint density at radius 1 is 1.29 bits per heavy atom. The number of fused-ring (bicyclic) bond motifs is 1. The van der Waals surface area contributed by atoms with Crippen molar-refractivity contribution in [2.45, 2.75) is 31.3 Å². The molecule has 1 amide bonds. The Hall–Kier alpha value is -2.51. The van der Waals surface area contributed by atoms with E-state index in [0.717, 1.165) is 16.5 Å². The number of nitrogens with one attached hydrogen (secondary N) is 1. The number of aliphatic carboxylic acids is 1. The number of hydrogen-bond donors (Lipinski definition) is 4. The average molecular weight is 330 g/mol. The number of nitrogens with zero attached hydrogens (tertiary/aromatic N) is 1. The van der Waals surface area contributed by atoms with Crippen LogP contribution in [0.3, 0.4) is 0 Å². The minimum absolute atomic E-state index is 0.141. The van der Waals surface area contributed by atoms with Crippen molar-refractivity contribution in [2.24, 2.45) is 11.5 Å². The molecule has 1 heterocycles. The summed E-state index contributed by atoms with van der Waals surface area (Å²) in [6.45, 7) is 0.437. The van der Waals surface area contributed by atoms with Crippen LogP contribution in [0.4, 0.5) is 0 Å². The molecule has 24 heavy (non-hydrogen) atoms. The molecule has 2 rings (SSSR count). The standard InChI is InChI=1S/C17H22N4O3/c18-7-3-5-13(19)16(22)21-15(17(23)24)9-11-8-12-4-1-2-6-14(12)20-10-11/h1-2,4,6,8,10,13,15H,3,5,7,9,18-19H2,(H,21,22)(H,23,24)/t13-,15-/m1/s1. The van der Waals surface area contributed by atoms with Crippen LogP contribution in [0, 0.1) is 0 Å². The van der Waals surface area contributed by atoms with Crippen LogP contribution in [-0.2, 0) is 16.0 Å². The molecule has 0 saturated heterocycles. The van der Waals surface area contributed by atoms with E-state index in [1.54, 1.807) is 6.20 Å². The minimum atomic E-state index is -1.11. The Morgan fingerprint density at radius 3 is 2.75 bits per heavy atom. The highest BCUT2D eigenvalue weighted by Gasteiger charge is 2.23. The van der Waals surface area contributed by atoms with Crippen molar-refractivity contribution in [1.29, 1.82) is 0 Å². The summed E-state index contributed by atoms with van der Waals surface area (Å²) in [5.74, 6) is -1.59. The molecule has 0 aliphatic rings. The Morgan fingerprint density at radius 2 is 2.04 bits per heavy atom. The van der Waals surface area contributed by atoms with E-state index in [1.165, 1.54) is 0 Å². The lowest BCUT2D eigenvalue weighted by molar-refractivity contribution is -0.142. The number of amides is 1. The van der Waals surface area contributed by atoms with Gasteiger partial charge in [0, 0.05) is 18.0 Å². The fraction of sp³-hybridized carbons (Fsp3) is 0.353. The highest BCUT2D eigenvalue weighted by atomic mass is 16.4. The highest BCUT2D eigenvalue weighted by Crippen LogP contribution is 2.14. The smallest absolute Gasteiger partial charge is 0.326 e. The van der Waals surface area contributed by atoms with Crippen LogP contribution < -0.4 is 16.8 Å². The first kappa shape index (κ1) is 17.8. The van der Waals surface area contributed by atoms with Gasteiger partial charge in [-0.05, 0) is 37.1 Å². The number of para-hydroxylation sites is 1. The molecule has 0 bridgehead atoms. The number of rotatable bonds is 8. The van der Waals surface area contributed by atoms with Gasteiger partial charge in [-0.25, -0.2) is 4.79 Å². The molecule has 0 fully saturated rings. The minimum Gasteiger partial charge on any atom is -0.480 e. The monoisotopic (exact) mass is 330 g/mol. The van der Waals surface area contributed by atoms with Crippen LogP contribution in [0.25, 0.3) is 10.9 Å². The maximum atomic E-state index is 12.0. The lowest BCUT2D eigenvalue weighted by Gasteiger charge is -2.18. The van der Waals surface area contributed by atoms with E-state index in [2.05, 4.69) is 10.3 Å². The molecule has 0 aliphatic heterocycles. The van der Waals surface area contributed by atoms with E-state index >= 15 is 0 Å². The van der Waals surface area contributed by atoms with Crippen molar-refractivity contribution in [3.05, 3.63) is 42.1 Å². The van der Waals surface area contributed by atoms with E-state index in [0.29, 0.717) is 19.4 Å². The van der Waals surface area contributed by atoms with E-state index < -0.39 is 24.0 Å². The second kappa shape index (κ2) is 8.37. The molecular weight excluding hydrogens is 308 g/mol. The van der Waals surface area contributed by atoms with E-state index in [-0.39, 0.29) is 6.42 Å². The van der Waals surface area contributed by atoms with Crippen LogP contribution in [0.5, 0.6) is 0 Å². The fourth-order valence-electron chi connectivity index (χ4n) is 2.41. The summed E-state index contributed by atoms with van der Waals surface area (Å²) < 4.78 is 0. The Balaban J connectivity index is 2.07. The van der Waals surface area contributed by atoms with Crippen LogP contribution in [0.15, 0.2) is 36.5 Å². The van der Waals surface area contributed by atoms with Crippen LogP contribution in [0.1, 0.15) is 18.4 Å². The molecule has 6 N–H and O–H groups in total. The van der Waals surface area contributed by atoms with Crippen LogP contribution in [0.2, 0.25) is 0 Å². The first-order chi connectivity index (χ1) is 11.5. The molecule has 1 aromatic carbocycles. The summed E-state index contributed by atoms with van der Waals surface area (Å²) in [4.78, 5) is 27.8. The molecule has 0 radical (unpaired) electrons. The third kappa shape index (κ3) is 4.74. The van der Waals surface area contributed by atoms with Gasteiger partial charge in [0.2, 0.25) is 5.91 Å². The van der Waals surface area contributed by atoms with Gasteiger partial charge in [0.1, 0.15) is 6.04 Å². The normalized spacial score (nSPS) is 13.4. The quantitative estimate of drug-likeness (QED) is 0.554. The number of aromatic nitrogens is 1. The summed E-state index contributed by atoms with van der Waals surface area (Å²) in [5, 5.41) is 12.8. The van der Waals surface area contributed by atoms with Crippen molar-refractivity contribution < 1.29 is 14.7 Å². The third-order valence-corrected chi connectivity index (χ3v) is 3.76. The molecule has 0 saturated carbocycles. The summed E-state index contributed by atoms with van der Waals surface area (Å²) in [6.07, 6.45) is 2.80. The van der Waals surface area contributed by atoms with Crippen molar-refractivity contribution >= 4 is 22.8 Å². The molecule has 1 aromatic heterocycles. The molecule has 2 atom stereocenters. The van der Waals surface area contributed by atoms with Crippen LogP contribution >= 0.6 is 0 Å². The number of hydrogen-bond acceptors (Lipinski definition) is 5. The van der Waals surface area contributed by atoms with E-state index in [1.807, 2.05) is 30.3 Å². The number of benzene rings is 1. The molecule has 0 aliphatic carbocycles. The average Bonchev–Trinajstić information content (AvgIpc) is 2.58. The summed E-state index contributed by atoms with van der Waals surface area (Å²) in [6, 6.07) is 7.63. The molecule has 7 nitrogen and oxygen atoms in total. The SMILES string of the molecule is NCCC[C@@H](N)C(=O)N[C@H](Cc1cnc2ccccc2c1)C(=O)O. The van der Waals surface area contributed by atoms with Gasteiger partial charge in [-0.15, -0.1) is 0 Å². The predicted molar refractivity (Wildman–Crippen MR) is 91.3 cm³/mol. The van der Waals surface area contributed by atoms with Gasteiger partial charge in [0.25, 0.3) is 0 Å². The van der Waals surface area contributed by atoms with Crippen molar-refractivity contribution in [1.82, 2.24) is 10.3 Å². The topological polar surface area (TPSA) is 131 Å². The first-order valence-corrected chi connectivity index (χ1v) is 7.83. The van der Waals surface area contributed by atoms with Gasteiger partial charge in [-0.3, -0.25) is 9.78 Å². The van der Waals surface area contributed by atoms with Gasteiger partial charge in [0.15, 0.2) is 0 Å². The Kier molecular flexibility index (Phi) is 6.22. The number of carbonyl (C=O) groups is 2. The maximum absolute atomic E-state index is 12.0. The zero-order valence-corrected chi connectivity index (χ0v) is 13.3. The number of nitrogens with two attached hydrogens (primary N) is 2. The van der Waals surface area contributed by atoms with Crippen molar-refractivity contribution in [3.63, 3.8) is 0 Å². The number of pyridine rings is 1. The number of carboxylic acid groups (broad SMARTS) is 1. The first-order valence-electron chi connectivity index (χ1n) is 7.83. The summed E-state index contributed by atoms with van der Waals surface area (Å²) in [5.41, 5.74) is 12.7. The molecule has 7 heteroatoms. The van der Waals surface area contributed by atoms with Gasteiger partial charge in [-0.2, -0.15) is 0 Å². The Labute approximate surface area is 140 Å². The van der Waals surface area contributed by atoms with Gasteiger partial charge in [0.05, 0.1) is 11.6 Å². The Bertz CT molecular complexity index is 720. The zero-order valence-electron chi connectivity index (χ0n) is 13.3. The second-order valence-corrected chi connectivity index (χ2v) is 5.68. The van der Waals surface area contributed by atoms with Crippen LogP contribution in [-0.4, -0.2) is 40.6 Å². The van der Waals surface area contributed by atoms with Gasteiger partial charge in [-0.1, -0.05) is 18.2 Å². The molecule has 0 unspecified atom stereocenters. The second-order valence-electron chi connectivity index (χ2n) is 5.68. The summed E-state index contributed by atoms with van der Waals surface area (Å²) >= 11 is 0. The lowest BCUT2D eigenvalue weighted by Crippen LogP contribution is -2.49. The molecule has 0 spiro atoms.